The summed E-state index contributed by atoms with van der Waals surface area (Å²) >= 11 is 5.48. The van der Waals surface area contributed by atoms with E-state index in [0.29, 0.717) is 0 Å². The minimum atomic E-state index is -0.0648. The number of amides is 1. The lowest BCUT2D eigenvalue weighted by atomic mass is 10.1. The van der Waals surface area contributed by atoms with Crippen molar-refractivity contribution in [1.82, 2.24) is 0 Å². The summed E-state index contributed by atoms with van der Waals surface area (Å²) in [5.41, 5.74) is 4.41. The van der Waals surface area contributed by atoms with Gasteiger partial charge in [0.15, 0.2) is 0 Å². The van der Waals surface area contributed by atoms with Crippen molar-refractivity contribution in [3.05, 3.63) is 34.9 Å². The van der Waals surface area contributed by atoms with Crippen molar-refractivity contribution >= 4 is 29.3 Å². The molecule has 0 fully saturated rings. The van der Waals surface area contributed by atoms with Gasteiger partial charge in [-0.1, -0.05) is 17.7 Å². The van der Waals surface area contributed by atoms with Crippen LogP contribution in [0.1, 0.15) is 18.1 Å². The first-order valence-electron chi connectivity index (χ1n) is 4.28. The molecule has 0 aliphatic carbocycles. The van der Waals surface area contributed by atoms with Gasteiger partial charge >= 0.3 is 0 Å². The Labute approximate surface area is 88.6 Å². The van der Waals surface area contributed by atoms with Gasteiger partial charge in [-0.05, 0) is 36.3 Å². The van der Waals surface area contributed by atoms with E-state index < -0.39 is 0 Å². The Hall–Kier alpha value is -1.28. The van der Waals surface area contributed by atoms with Crippen LogP contribution in [-0.4, -0.2) is 5.91 Å². The zero-order valence-corrected chi connectivity index (χ0v) is 8.93. The second-order valence-electron chi connectivity index (χ2n) is 3.05. The van der Waals surface area contributed by atoms with Crippen LogP contribution in [0.3, 0.4) is 0 Å². The summed E-state index contributed by atoms with van der Waals surface area (Å²) in [6.07, 6.45) is 1.81. The lowest BCUT2D eigenvalue weighted by Crippen LogP contribution is -2.05. The predicted octanol–water partition coefficient (Wildman–Crippen LogP) is 3.16. The van der Waals surface area contributed by atoms with Crippen LogP contribution in [0.4, 0.5) is 5.69 Å². The molecular weight excluding hydrogens is 198 g/mol. The summed E-state index contributed by atoms with van der Waals surface area (Å²) in [6, 6.07) is 5.67. The van der Waals surface area contributed by atoms with E-state index in [2.05, 4.69) is 5.32 Å². The van der Waals surface area contributed by atoms with Gasteiger partial charge in [0.2, 0.25) is 5.91 Å². The monoisotopic (exact) mass is 209 g/mol. The summed E-state index contributed by atoms with van der Waals surface area (Å²) < 4.78 is 0. The molecule has 0 heterocycles. The topological polar surface area (TPSA) is 29.1 Å². The van der Waals surface area contributed by atoms with Gasteiger partial charge in [-0.15, -0.1) is 0 Å². The minimum absolute atomic E-state index is 0.0648. The Kier molecular flexibility index (Phi) is 3.72. The molecule has 1 N–H and O–H groups in total. The van der Waals surface area contributed by atoms with Crippen LogP contribution < -0.4 is 5.32 Å². The highest BCUT2D eigenvalue weighted by Gasteiger charge is 1.98. The Morgan fingerprint density at radius 2 is 2.21 bits per heavy atom. The van der Waals surface area contributed by atoms with E-state index in [9.17, 15) is 4.79 Å². The van der Waals surface area contributed by atoms with Crippen LogP contribution in [-0.2, 0) is 4.79 Å². The molecule has 0 unspecified atom stereocenters. The van der Waals surface area contributed by atoms with Gasteiger partial charge in [0.25, 0.3) is 0 Å². The van der Waals surface area contributed by atoms with Gasteiger partial charge in [0.05, 0.1) is 0 Å². The smallest absolute Gasteiger partial charge is 0.221 e. The number of hydrogen-bond acceptors (Lipinski definition) is 1. The third-order valence-corrected chi connectivity index (χ3v) is 1.96. The van der Waals surface area contributed by atoms with Crippen molar-refractivity contribution < 1.29 is 4.79 Å². The number of benzene rings is 1. The van der Waals surface area contributed by atoms with E-state index in [1.165, 1.54) is 12.5 Å². The van der Waals surface area contributed by atoms with Crippen LogP contribution in [0.2, 0.25) is 0 Å². The van der Waals surface area contributed by atoms with E-state index in [1.807, 2.05) is 31.2 Å². The fraction of sp³-hybridized carbons (Fsp3) is 0.182. The molecule has 14 heavy (non-hydrogen) atoms. The molecule has 0 spiro atoms. The molecule has 3 heteroatoms. The van der Waals surface area contributed by atoms with Crippen LogP contribution in [0.5, 0.6) is 0 Å². The van der Waals surface area contributed by atoms with Crippen LogP contribution >= 0.6 is 11.6 Å². The summed E-state index contributed by atoms with van der Waals surface area (Å²) in [5, 5.41) is 2.72. The molecule has 0 bridgehead atoms. The molecule has 1 rings (SSSR count). The molecule has 0 atom stereocenters. The molecule has 0 aliphatic heterocycles. The summed E-state index contributed by atoms with van der Waals surface area (Å²) in [4.78, 5) is 10.8. The maximum atomic E-state index is 10.8. The number of nitrogens with one attached hydrogen (secondary N) is 1. The average Bonchev–Trinajstić information content (AvgIpc) is 2.09. The second kappa shape index (κ2) is 4.82. The fourth-order valence-corrected chi connectivity index (χ4v) is 1.35. The third-order valence-electron chi connectivity index (χ3n) is 1.83. The Bertz CT molecular complexity index is 372. The van der Waals surface area contributed by atoms with E-state index in [-0.39, 0.29) is 5.91 Å². The van der Waals surface area contributed by atoms with Gasteiger partial charge in [-0.2, -0.15) is 0 Å². The first-order valence-corrected chi connectivity index (χ1v) is 4.72. The summed E-state index contributed by atoms with van der Waals surface area (Å²) in [7, 11) is 0. The normalized spacial score (nSPS) is 10.5. The van der Waals surface area contributed by atoms with Crippen molar-refractivity contribution in [3.8, 4) is 0 Å². The fourth-order valence-electron chi connectivity index (χ4n) is 1.21. The standard InChI is InChI=1S/C11H12ClNO/c1-8-7-11(13-9(2)14)4-3-10(8)5-6-12/h3-7H,1-2H3,(H,13,14)/b6-5+. The van der Waals surface area contributed by atoms with Gasteiger partial charge in [0.1, 0.15) is 0 Å². The Morgan fingerprint density at radius 1 is 1.50 bits per heavy atom. The van der Waals surface area contributed by atoms with Crippen molar-refractivity contribution in [2.45, 2.75) is 13.8 Å². The molecule has 0 saturated heterocycles. The highest BCUT2D eigenvalue weighted by molar-refractivity contribution is 6.27. The van der Waals surface area contributed by atoms with Crippen molar-refractivity contribution in [3.63, 3.8) is 0 Å². The SMILES string of the molecule is CC(=O)Nc1ccc(/C=C/Cl)c(C)c1. The number of carbonyl (C=O) groups excluding carboxylic acids is 1. The molecule has 1 aromatic carbocycles. The molecule has 1 amide bonds. The van der Waals surface area contributed by atoms with E-state index in [0.717, 1.165) is 16.8 Å². The average molecular weight is 210 g/mol. The highest BCUT2D eigenvalue weighted by Crippen LogP contribution is 2.16. The van der Waals surface area contributed by atoms with Crippen LogP contribution in [0.15, 0.2) is 23.7 Å². The molecule has 1 aromatic rings. The van der Waals surface area contributed by atoms with E-state index in [1.54, 1.807) is 0 Å². The quantitative estimate of drug-likeness (QED) is 0.797. The molecular formula is C11H12ClNO. The number of hydrogen-bond donors (Lipinski definition) is 1. The number of anilines is 1. The highest BCUT2D eigenvalue weighted by atomic mass is 35.5. The lowest BCUT2D eigenvalue weighted by molar-refractivity contribution is -0.114. The van der Waals surface area contributed by atoms with Crippen LogP contribution in [0, 0.1) is 6.92 Å². The molecule has 0 saturated carbocycles. The molecule has 0 aromatic heterocycles. The second-order valence-corrected chi connectivity index (χ2v) is 3.30. The van der Waals surface area contributed by atoms with Gasteiger partial charge < -0.3 is 5.32 Å². The first-order chi connectivity index (χ1) is 6.63. The van der Waals surface area contributed by atoms with Gasteiger partial charge in [-0.25, -0.2) is 0 Å². The molecule has 0 aliphatic rings. The molecule has 74 valence electrons. The number of aryl methyl sites for hydroxylation is 1. The van der Waals surface area contributed by atoms with Crippen molar-refractivity contribution in [2.24, 2.45) is 0 Å². The summed E-state index contributed by atoms with van der Waals surface area (Å²) in [5.74, 6) is -0.0648. The lowest BCUT2D eigenvalue weighted by Gasteiger charge is -2.05. The Balaban J connectivity index is 2.94. The van der Waals surface area contributed by atoms with Crippen LogP contribution in [0.25, 0.3) is 6.08 Å². The van der Waals surface area contributed by atoms with E-state index in [4.69, 9.17) is 11.6 Å². The number of carbonyl (C=O) groups is 1. The van der Waals surface area contributed by atoms with Gasteiger partial charge in [0, 0.05) is 18.1 Å². The zero-order chi connectivity index (χ0) is 10.6. The first kappa shape index (κ1) is 10.8. The number of halogens is 1. The predicted molar refractivity (Wildman–Crippen MR) is 60.4 cm³/mol. The Morgan fingerprint density at radius 3 is 2.71 bits per heavy atom. The van der Waals surface area contributed by atoms with Crippen molar-refractivity contribution in [1.29, 1.82) is 0 Å². The summed E-state index contributed by atoms with van der Waals surface area (Å²) in [6.45, 7) is 3.46. The minimum Gasteiger partial charge on any atom is -0.326 e. The number of rotatable bonds is 2. The maximum Gasteiger partial charge on any atom is 0.221 e. The maximum absolute atomic E-state index is 10.8. The van der Waals surface area contributed by atoms with E-state index >= 15 is 0 Å². The third kappa shape index (κ3) is 2.89. The molecule has 2 nitrogen and oxygen atoms in total. The van der Waals surface area contributed by atoms with Crippen molar-refractivity contribution in [2.75, 3.05) is 5.32 Å². The molecule has 0 radical (unpaired) electrons. The zero-order valence-electron chi connectivity index (χ0n) is 8.17. The van der Waals surface area contributed by atoms with Gasteiger partial charge in [-0.3, -0.25) is 4.79 Å². The largest absolute Gasteiger partial charge is 0.326 e.